The van der Waals surface area contributed by atoms with Crippen LogP contribution in [0.5, 0.6) is 0 Å². The molecule has 0 spiro atoms. The molecule has 4 N–H and O–H groups in total. The first-order valence-corrected chi connectivity index (χ1v) is 5.27. The summed E-state index contributed by atoms with van der Waals surface area (Å²) >= 11 is 0. The second kappa shape index (κ2) is 3.28. The predicted molar refractivity (Wildman–Crippen MR) is 59.9 cm³/mol. The first-order valence-electron chi connectivity index (χ1n) is 5.27. The minimum atomic E-state index is -0.109. The van der Waals surface area contributed by atoms with Gasteiger partial charge in [0, 0.05) is 11.2 Å². The van der Waals surface area contributed by atoms with Crippen LogP contribution in [-0.2, 0) is 5.54 Å². The lowest BCUT2D eigenvalue weighted by Gasteiger charge is -2.24. The van der Waals surface area contributed by atoms with Gasteiger partial charge in [0.05, 0.1) is 0 Å². The SMILES string of the molecule is Cc1ccc(C2(N)CCCC2)cc1N. The molecular weight excluding hydrogens is 172 g/mol. The maximum absolute atomic E-state index is 6.34. The zero-order valence-corrected chi connectivity index (χ0v) is 8.72. The quantitative estimate of drug-likeness (QED) is 0.668. The molecule has 0 unspecified atom stereocenters. The summed E-state index contributed by atoms with van der Waals surface area (Å²) in [5.41, 5.74) is 15.3. The molecule has 1 aromatic rings. The Balaban J connectivity index is 2.36. The minimum absolute atomic E-state index is 0.109. The second-order valence-electron chi connectivity index (χ2n) is 4.43. The Morgan fingerprint density at radius 1 is 1.21 bits per heavy atom. The van der Waals surface area contributed by atoms with Crippen molar-refractivity contribution in [3.8, 4) is 0 Å². The number of anilines is 1. The summed E-state index contributed by atoms with van der Waals surface area (Å²) in [4.78, 5) is 0. The van der Waals surface area contributed by atoms with E-state index in [4.69, 9.17) is 11.5 Å². The topological polar surface area (TPSA) is 52.0 Å². The van der Waals surface area contributed by atoms with Crippen molar-refractivity contribution in [2.75, 3.05) is 5.73 Å². The van der Waals surface area contributed by atoms with E-state index >= 15 is 0 Å². The van der Waals surface area contributed by atoms with Gasteiger partial charge in [-0.2, -0.15) is 0 Å². The third-order valence-electron chi connectivity index (χ3n) is 3.35. The number of aryl methyl sites for hydroxylation is 1. The molecule has 2 nitrogen and oxygen atoms in total. The number of hydrogen-bond donors (Lipinski definition) is 2. The highest BCUT2D eigenvalue weighted by Crippen LogP contribution is 2.37. The van der Waals surface area contributed by atoms with Gasteiger partial charge in [-0.15, -0.1) is 0 Å². The van der Waals surface area contributed by atoms with Gasteiger partial charge >= 0.3 is 0 Å². The van der Waals surface area contributed by atoms with Gasteiger partial charge in [0.2, 0.25) is 0 Å². The van der Waals surface area contributed by atoms with Crippen LogP contribution in [0.1, 0.15) is 36.8 Å². The molecule has 0 amide bonds. The molecule has 1 aliphatic rings. The smallest absolute Gasteiger partial charge is 0.0410 e. The van der Waals surface area contributed by atoms with Gasteiger partial charge in [0.15, 0.2) is 0 Å². The van der Waals surface area contributed by atoms with Crippen molar-refractivity contribution in [1.82, 2.24) is 0 Å². The summed E-state index contributed by atoms with van der Waals surface area (Å²) in [6, 6.07) is 6.23. The Morgan fingerprint density at radius 3 is 2.43 bits per heavy atom. The molecule has 0 bridgehead atoms. The fraction of sp³-hybridized carbons (Fsp3) is 0.500. The van der Waals surface area contributed by atoms with Gasteiger partial charge in [-0.3, -0.25) is 0 Å². The molecule has 0 saturated heterocycles. The van der Waals surface area contributed by atoms with Crippen molar-refractivity contribution >= 4 is 5.69 Å². The molecule has 76 valence electrons. The zero-order valence-electron chi connectivity index (χ0n) is 8.72. The average Bonchev–Trinajstić information content (AvgIpc) is 2.58. The van der Waals surface area contributed by atoms with Crippen LogP contribution in [0, 0.1) is 6.92 Å². The van der Waals surface area contributed by atoms with E-state index in [1.165, 1.54) is 18.4 Å². The highest BCUT2D eigenvalue weighted by molar-refractivity contribution is 5.50. The summed E-state index contributed by atoms with van der Waals surface area (Å²) in [6.07, 6.45) is 4.67. The summed E-state index contributed by atoms with van der Waals surface area (Å²) in [7, 11) is 0. The van der Waals surface area contributed by atoms with Crippen molar-refractivity contribution in [1.29, 1.82) is 0 Å². The highest BCUT2D eigenvalue weighted by atomic mass is 14.8. The van der Waals surface area contributed by atoms with Crippen LogP contribution in [-0.4, -0.2) is 0 Å². The Morgan fingerprint density at radius 2 is 1.86 bits per heavy atom. The van der Waals surface area contributed by atoms with Gasteiger partial charge in [0.1, 0.15) is 0 Å². The van der Waals surface area contributed by atoms with Crippen LogP contribution < -0.4 is 11.5 Å². The van der Waals surface area contributed by atoms with Crippen molar-refractivity contribution < 1.29 is 0 Å². The van der Waals surface area contributed by atoms with Crippen molar-refractivity contribution in [2.45, 2.75) is 38.1 Å². The lowest BCUT2D eigenvalue weighted by atomic mass is 9.88. The molecule has 1 fully saturated rings. The van der Waals surface area contributed by atoms with E-state index in [0.717, 1.165) is 24.1 Å². The molecule has 0 heterocycles. The largest absolute Gasteiger partial charge is 0.399 e. The van der Waals surface area contributed by atoms with Crippen LogP contribution in [0.4, 0.5) is 5.69 Å². The van der Waals surface area contributed by atoms with Gasteiger partial charge in [-0.05, 0) is 37.0 Å². The Bertz CT molecular complexity index is 338. The predicted octanol–water partition coefficient (Wildman–Crippen LogP) is 2.31. The van der Waals surface area contributed by atoms with Crippen molar-refractivity contribution in [3.05, 3.63) is 29.3 Å². The lowest BCUT2D eigenvalue weighted by Crippen LogP contribution is -2.33. The van der Waals surface area contributed by atoms with Gasteiger partial charge in [-0.25, -0.2) is 0 Å². The van der Waals surface area contributed by atoms with E-state index < -0.39 is 0 Å². The fourth-order valence-electron chi connectivity index (χ4n) is 2.24. The third kappa shape index (κ3) is 1.50. The van der Waals surface area contributed by atoms with E-state index in [1.54, 1.807) is 0 Å². The fourth-order valence-corrected chi connectivity index (χ4v) is 2.24. The molecule has 0 radical (unpaired) electrons. The molecular formula is C12H18N2. The Kier molecular flexibility index (Phi) is 2.23. The lowest BCUT2D eigenvalue weighted by molar-refractivity contribution is 0.462. The van der Waals surface area contributed by atoms with Crippen LogP contribution in [0.25, 0.3) is 0 Å². The van der Waals surface area contributed by atoms with E-state index in [9.17, 15) is 0 Å². The first kappa shape index (κ1) is 9.53. The molecule has 0 aliphatic heterocycles. The third-order valence-corrected chi connectivity index (χ3v) is 3.35. The molecule has 1 aliphatic carbocycles. The number of rotatable bonds is 1. The minimum Gasteiger partial charge on any atom is -0.399 e. The van der Waals surface area contributed by atoms with Crippen LogP contribution in [0.2, 0.25) is 0 Å². The Hall–Kier alpha value is -1.02. The Labute approximate surface area is 85.3 Å². The number of nitrogens with two attached hydrogens (primary N) is 2. The summed E-state index contributed by atoms with van der Waals surface area (Å²) in [5, 5.41) is 0. The molecule has 1 saturated carbocycles. The molecule has 0 aromatic heterocycles. The normalized spacial score (nSPS) is 19.9. The maximum Gasteiger partial charge on any atom is 0.0410 e. The molecule has 0 atom stereocenters. The van der Waals surface area contributed by atoms with Crippen LogP contribution in [0.3, 0.4) is 0 Å². The molecule has 2 rings (SSSR count). The zero-order chi connectivity index (χ0) is 10.2. The second-order valence-corrected chi connectivity index (χ2v) is 4.43. The monoisotopic (exact) mass is 190 g/mol. The van der Waals surface area contributed by atoms with Crippen LogP contribution >= 0.6 is 0 Å². The number of hydrogen-bond acceptors (Lipinski definition) is 2. The summed E-state index contributed by atoms with van der Waals surface area (Å²) in [5.74, 6) is 0. The number of benzene rings is 1. The molecule has 14 heavy (non-hydrogen) atoms. The van der Waals surface area contributed by atoms with Crippen LogP contribution in [0.15, 0.2) is 18.2 Å². The average molecular weight is 190 g/mol. The first-order chi connectivity index (χ1) is 6.62. The highest BCUT2D eigenvalue weighted by Gasteiger charge is 2.31. The molecule has 1 aromatic carbocycles. The van der Waals surface area contributed by atoms with Gasteiger partial charge in [-0.1, -0.05) is 25.0 Å². The van der Waals surface area contributed by atoms with Crippen molar-refractivity contribution in [2.24, 2.45) is 5.73 Å². The summed E-state index contributed by atoms with van der Waals surface area (Å²) in [6.45, 7) is 2.02. The van der Waals surface area contributed by atoms with E-state index in [2.05, 4.69) is 12.1 Å². The van der Waals surface area contributed by atoms with Gasteiger partial charge in [0.25, 0.3) is 0 Å². The summed E-state index contributed by atoms with van der Waals surface area (Å²) < 4.78 is 0. The van der Waals surface area contributed by atoms with E-state index in [0.29, 0.717) is 0 Å². The standard InChI is InChI=1S/C12H18N2/c1-9-4-5-10(8-11(9)13)12(14)6-2-3-7-12/h4-5,8H,2-3,6-7,13-14H2,1H3. The van der Waals surface area contributed by atoms with E-state index in [1.807, 2.05) is 13.0 Å². The molecule has 2 heteroatoms. The van der Waals surface area contributed by atoms with Crippen molar-refractivity contribution in [3.63, 3.8) is 0 Å². The van der Waals surface area contributed by atoms with E-state index in [-0.39, 0.29) is 5.54 Å². The maximum atomic E-state index is 6.34. The van der Waals surface area contributed by atoms with Gasteiger partial charge < -0.3 is 11.5 Å². The number of nitrogen functional groups attached to an aromatic ring is 1.